The molecule has 0 aliphatic rings. The SMILES string of the molecule is COc1ncnc2c1[nH]c(=S)n2Cc1nc(C)cs1. The van der Waals surface area contributed by atoms with E-state index >= 15 is 0 Å². The summed E-state index contributed by atoms with van der Waals surface area (Å²) >= 11 is 6.94. The summed E-state index contributed by atoms with van der Waals surface area (Å²) in [6.45, 7) is 2.57. The predicted octanol–water partition coefficient (Wildman–Crippen LogP) is 2.31. The Morgan fingerprint density at radius 1 is 1.47 bits per heavy atom. The van der Waals surface area contributed by atoms with Crippen molar-refractivity contribution in [3.8, 4) is 5.88 Å². The second-order valence-electron chi connectivity index (χ2n) is 3.98. The van der Waals surface area contributed by atoms with Gasteiger partial charge in [-0.2, -0.15) is 4.98 Å². The number of nitrogens with one attached hydrogen (secondary N) is 1. The van der Waals surface area contributed by atoms with E-state index in [4.69, 9.17) is 17.0 Å². The number of rotatable bonds is 3. The Labute approximate surface area is 118 Å². The molecule has 8 heteroatoms. The lowest BCUT2D eigenvalue weighted by molar-refractivity contribution is 0.401. The average Bonchev–Trinajstić information content (AvgIpc) is 2.94. The van der Waals surface area contributed by atoms with E-state index in [-0.39, 0.29) is 0 Å². The van der Waals surface area contributed by atoms with Crippen LogP contribution in [0.25, 0.3) is 11.2 Å². The van der Waals surface area contributed by atoms with Gasteiger partial charge in [-0.1, -0.05) is 0 Å². The van der Waals surface area contributed by atoms with Gasteiger partial charge in [0.25, 0.3) is 0 Å². The molecule has 0 aromatic carbocycles. The van der Waals surface area contributed by atoms with E-state index < -0.39 is 0 Å². The van der Waals surface area contributed by atoms with Gasteiger partial charge in [0.15, 0.2) is 10.4 Å². The quantitative estimate of drug-likeness (QED) is 0.750. The van der Waals surface area contributed by atoms with Gasteiger partial charge in [-0.05, 0) is 19.1 Å². The summed E-state index contributed by atoms with van der Waals surface area (Å²) < 4.78 is 7.68. The third-order valence-corrected chi connectivity index (χ3v) is 3.95. The zero-order valence-electron chi connectivity index (χ0n) is 10.4. The number of aryl methyl sites for hydroxylation is 1. The maximum Gasteiger partial charge on any atom is 0.242 e. The van der Waals surface area contributed by atoms with Crippen LogP contribution in [0.2, 0.25) is 0 Å². The Morgan fingerprint density at radius 2 is 2.32 bits per heavy atom. The van der Waals surface area contributed by atoms with E-state index in [1.165, 1.54) is 6.33 Å². The zero-order chi connectivity index (χ0) is 13.4. The highest BCUT2D eigenvalue weighted by Crippen LogP contribution is 2.21. The van der Waals surface area contributed by atoms with Crippen molar-refractivity contribution in [2.45, 2.75) is 13.5 Å². The van der Waals surface area contributed by atoms with Crippen LogP contribution in [0.3, 0.4) is 0 Å². The van der Waals surface area contributed by atoms with Crippen molar-refractivity contribution in [3.05, 3.63) is 27.2 Å². The number of methoxy groups -OCH3 is 1. The second-order valence-corrected chi connectivity index (χ2v) is 5.31. The van der Waals surface area contributed by atoms with Gasteiger partial charge in [-0.3, -0.25) is 4.57 Å². The standard InChI is InChI=1S/C11H11N5OS2/c1-6-4-19-7(14-6)3-16-9-8(15-11(16)18)10(17-2)13-5-12-9/h4-5H,3H2,1-2H3,(H,15,18). The van der Waals surface area contributed by atoms with Crippen LogP contribution < -0.4 is 4.74 Å². The number of thiazole rings is 1. The molecule has 3 rings (SSSR count). The van der Waals surface area contributed by atoms with Crippen molar-refractivity contribution < 1.29 is 4.74 Å². The molecule has 0 aliphatic carbocycles. The number of fused-ring (bicyclic) bond motifs is 1. The first kappa shape index (κ1) is 12.2. The molecule has 3 heterocycles. The molecule has 3 aromatic rings. The molecule has 0 saturated heterocycles. The number of nitrogens with zero attached hydrogens (tertiary/aromatic N) is 4. The lowest BCUT2D eigenvalue weighted by Crippen LogP contribution is -2.01. The maximum absolute atomic E-state index is 5.33. The molecule has 0 spiro atoms. The smallest absolute Gasteiger partial charge is 0.242 e. The van der Waals surface area contributed by atoms with Crippen molar-refractivity contribution >= 4 is 34.7 Å². The number of aromatic amines is 1. The molecule has 0 amide bonds. The average molecular weight is 293 g/mol. The fourth-order valence-electron chi connectivity index (χ4n) is 1.86. The third-order valence-electron chi connectivity index (χ3n) is 2.68. The van der Waals surface area contributed by atoms with Crippen LogP contribution in [0.15, 0.2) is 11.7 Å². The minimum absolute atomic E-state index is 0.491. The van der Waals surface area contributed by atoms with Crippen LogP contribution >= 0.6 is 23.6 Å². The van der Waals surface area contributed by atoms with E-state index in [9.17, 15) is 0 Å². The molecule has 0 fully saturated rings. The fourth-order valence-corrected chi connectivity index (χ4v) is 2.87. The lowest BCUT2D eigenvalue weighted by atomic mass is 10.5. The molecule has 1 N–H and O–H groups in total. The normalized spacial score (nSPS) is 11.1. The van der Waals surface area contributed by atoms with Gasteiger partial charge < -0.3 is 9.72 Å². The lowest BCUT2D eigenvalue weighted by Gasteiger charge is -2.01. The number of aromatic nitrogens is 5. The maximum atomic E-state index is 5.33. The van der Waals surface area contributed by atoms with Gasteiger partial charge in [0, 0.05) is 11.1 Å². The summed E-state index contributed by atoms with van der Waals surface area (Å²) in [7, 11) is 1.57. The van der Waals surface area contributed by atoms with Crippen molar-refractivity contribution in [1.29, 1.82) is 0 Å². The minimum atomic E-state index is 0.491. The predicted molar refractivity (Wildman–Crippen MR) is 75.2 cm³/mol. The number of imidazole rings is 1. The number of hydrogen-bond acceptors (Lipinski definition) is 6. The summed E-state index contributed by atoms with van der Waals surface area (Å²) in [6.07, 6.45) is 1.47. The van der Waals surface area contributed by atoms with Crippen LogP contribution in [-0.4, -0.2) is 31.6 Å². The summed E-state index contributed by atoms with van der Waals surface area (Å²) in [5.74, 6) is 0.491. The highest BCUT2D eigenvalue weighted by atomic mass is 32.1. The number of ether oxygens (including phenoxy) is 1. The van der Waals surface area contributed by atoms with Gasteiger partial charge in [0.1, 0.15) is 16.9 Å². The largest absolute Gasteiger partial charge is 0.479 e. The third kappa shape index (κ3) is 2.13. The monoisotopic (exact) mass is 293 g/mol. The Morgan fingerprint density at radius 3 is 3.00 bits per heavy atom. The Hall–Kier alpha value is -1.80. The first-order chi connectivity index (χ1) is 9.19. The van der Waals surface area contributed by atoms with Gasteiger partial charge in [0.2, 0.25) is 5.88 Å². The van der Waals surface area contributed by atoms with E-state index in [1.807, 2.05) is 16.9 Å². The summed E-state index contributed by atoms with van der Waals surface area (Å²) in [6, 6.07) is 0. The summed E-state index contributed by atoms with van der Waals surface area (Å²) in [5.41, 5.74) is 2.45. The molecule has 0 saturated carbocycles. The molecule has 0 radical (unpaired) electrons. The van der Waals surface area contributed by atoms with Gasteiger partial charge >= 0.3 is 0 Å². The van der Waals surface area contributed by atoms with Crippen LogP contribution in [0, 0.1) is 11.7 Å². The van der Waals surface area contributed by atoms with Gasteiger partial charge in [-0.15, -0.1) is 11.3 Å². The molecule has 3 aromatic heterocycles. The van der Waals surface area contributed by atoms with Crippen LogP contribution in [0.1, 0.15) is 10.7 Å². The Bertz CT molecular complexity index is 788. The minimum Gasteiger partial charge on any atom is -0.479 e. The molecule has 0 atom stereocenters. The highest BCUT2D eigenvalue weighted by Gasteiger charge is 2.12. The summed E-state index contributed by atoms with van der Waals surface area (Å²) in [5, 5.41) is 3.01. The summed E-state index contributed by atoms with van der Waals surface area (Å²) in [4.78, 5) is 15.8. The zero-order valence-corrected chi connectivity index (χ0v) is 12.0. The van der Waals surface area contributed by atoms with Crippen LogP contribution in [0.4, 0.5) is 0 Å². The van der Waals surface area contributed by atoms with E-state index in [2.05, 4.69) is 19.9 Å². The second kappa shape index (κ2) is 4.71. The molecule has 19 heavy (non-hydrogen) atoms. The van der Waals surface area contributed by atoms with E-state index in [1.54, 1.807) is 18.4 Å². The topological polar surface area (TPSA) is 68.6 Å². The molecule has 98 valence electrons. The highest BCUT2D eigenvalue weighted by molar-refractivity contribution is 7.71. The molecule has 0 bridgehead atoms. The van der Waals surface area contributed by atoms with Crippen molar-refractivity contribution in [3.63, 3.8) is 0 Å². The molecular formula is C11H11N5OS2. The van der Waals surface area contributed by atoms with Gasteiger partial charge in [-0.25, -0.2) is 9.97 Å². The fraction of sp³-hybridized carbons (Fsp3) is 0.273. The molecule has 0 aliphatic heterocycles. The molecule has 0 unspecified atom stereocenters. The Kier molecular flexibility index (Phi) is 3.03. The number of hydrogen-bond donors (Lipinski definition) is 1. The van der Waals surface area contributed by atoms with Gasteiger partial charge in [0.05, 0.1) is 13.7 Å². The van der Waals surface area contributed by atoms with Crippen LogP contribution in [-0.2, 0) is 6.54 Å². The van der Waals surface area contributed by atoms with Crippen molar-refractivity contribution in [1.82, 2.24) is 24.5 Å². The molecule has 6 nitrogen and oxygen atoms in total. The van der Waals surface area contributed by atoms with E-state index in [0.29, 0.717) is 22.7 Å². The number of H-pyrrole nitrogens is 1. The Balaban J connectivity index is 2.13. The molecular weight excluding hydrogens is 282 g/mol. The first-order valence-corrected chi connectivity index (χ1v) is 6.86. The van der Waals surface area contributed by atoms with E-state index in [0.717, 1.165) is 16.3 Å². The van der Waals surface area contributed by atoms with Crippen molar-refractivity contribution in [2.75, 3.05) is 7.11 Å². The van der Waals surface area contributed by atoms with Crippen LogP contribution in [0.5, 0.6) is 5.88 Å². The first-order valence-electron chi connectivity index (χ1n) is 5.57. The van der Waals surface area contributed by atoms with Crippen molar-refractivity contribution in [2.24, 2.45) is 0 Å².